The van der Waals surface area contributed by atoms with E-state index in [2.05, 4.69) is 0 Å². The van der Waals surface area contributed by atoms with Gasteiger partial charge in [-0.1, -0.05) is 13.8 Å². The highest BCUT2D eigenvalue weighted by atomic mass is 16.7. The van der Waals surface area contributed by atoms with E-state index in [0.717, 1.165) is 5.56 Å². The van der Waals surface area contributed by atoms with Crippen LogP contribution in [0.3, 0.4) is 0 Å². The van der Waals surface area contributed by atoms with Gasteiger partial charge in [0.1, 0.15) is 0 Å². The van der Waals surface area contributed by atoms with Crippen LogP contribution in [0.25, 0.3) is 0 Å². The first-order chi connectivity index (χ1) is 8.54. The van der Waals surface area contributed by atoms with Gasteiger partial charge in [-0.25, -0.2) is 0 Å². The van der Waals surface area contributed by atoms with Crippen molar-refractivity contribution in [2.45, 2.75) is 20.8 Å². The van der Waals surface area contributed by atoms with E-state index in [1.165, 1.54) is 0 Å². The third-order valence-corrected chi connectivity index (χ3v) is 3.32. The monoisotopic (exact) mass is 250 g/mol. The Kier molecular flexibility index (Phi) is 3.57. The Morgan fingerprint density at radius 1 is 1.33 bits per heavy atom. The Hall–Kier alpha value is -1.55. The number of aliphatic hydroxyl groups excluding tert-OH is 1. The van der Waals surface area contributed by atoms with Crippen LogP contribution in [0.4, 0.5) is 0 Å². The van der Waals surface area contributed by atoms with Crippen LogP contribution in [0.15, 0.2) is 12.1 Å². The van der Waals surface area contributed by atoms with E-state index in [9.17, 15) is 9.90 Å². The number of Topliss-reactive ketones (excluding diaryl/α,β-unsaturated/α-hetero) is 1. The minimum absolute atomic E-state index is 0.0386. The lowest BCUT2D eigenvalue weighted by molar-refractivity contribution is 0.0805. The molecule has 0 saturated heterocycles. The maximum absolute atomic E-state index is 12.4. The third-order valence-electron chi connectivity index (χ3n) is 3.32. The Morgan fingerprint density at radius 2 is 1.94 bits per heavy atom. The smallest absolute Gasteiger partial charge is 0.231 e. The Morgan fingerprint density at radius 3 is 2.50 bits per heavy atom. The second-order valence-corrected chi connectivity index (χ2v) is 4.92. The summed E-state index contributed by atoms with van der Waals surface area (Å²) in [5.41, 5.74) is 1.45. The van der Waals surface area contributed by atoms with Crippen LogP contribution >= 0.6 is 0 Å². The van der Waals surface area contributed by atoms with Crippen molar-refractivity contribution in [3.8, 4) is 11.5 Å². The lowest BCUT2D eigenvalue weighted by Crippen LogP contribution is -2.24. The SMILES string of the molecule is Cc1cc2c(cc1C(=O)C(CO)C(C)C)OCO2. The maximum Gasteiger partial charge on any atom is 0.231 e. The summed E-state index contributed by atoms with van der Waals surface area (Å²) in [4.78, 5) is 12.4. The molecule has 0 fully saturated rings. The molecule has 0 bridgehead atoms. The second-order valence-electron chi connectivity index (χ2n) is 4.92. The molecule has 4 heteroatoms. The normalized spacial score (nSPS) is 14.9. The summed E-state index contributed by atoms with van der Waals surface area (Å²) in [7, 11) is 0. The number of benzene rings is 1. The quantitative estimate of drug-likeness (QED) is 0.832. The molecule has 0 radical (unpaired) electrons. The molecule has 0 saturated carbocycles. The summed E-state index contributed by atoms with van der Waals surface area (Å²) < 4.78 is 10.5. The minimum Gasteiger partial charge on any atom is -0.454 e. The number of aryl methyl sites for hydroxylation is 1. The lowest BCUT2D eigenvalue weighted by Gasteiger charge is -2.18. The van der Waals surface area contributed by atoms with Crippen LogP contribution in [0.1, 0.15) is 29.8 Å². The molecule has 0 spiro atoms. The third kappa shape index (κ3) is 2.20. The van der Waals surface area contributed by atoms with Gasteiger partial charge in [0.25, 0.3) is 0 Å². The van der Waals surface area contributed by atoms with Crippen molar-refractivity contribution in [3.05, 3.63) is 23.3 Å². The molecular weight excluding hydrogens is 232 g/mol. The molecule has 1 heterocycles. The fourth-order valence-corrected chi connectivity index (χ4v) is 2.11. The molecule has 98 valence electrons. The van der Waals surface area contributed by atoms with Gasteiger partial charge in [0, 0.05) is 11.5 Å². The van der Waals surface area contributed by atoms with Gasteiger partial charge in [-0.15, -0.1) is 0 Å². The van der Waals surface area contributed by atoms with Crippen molar-refractivity contribution in [1.29, 1.82) is 0 Å². The van der Waals surface area contributed by atoms with Crippen LogP contribution in [0, 0.1) is 18.8 Å². The van der Waals surface area contributed by atoms with Crippen molar-refractivity contribution in [2.75, 3.05) is 13.4 Å². The molecule has 4 nitrogen and oxygen atoms in total. The molecular formula is C14H18O4. The van der Waals surface area contributed by atoms with E-state index >= 15 is 0 Å². The Bertz CT molecular complexity index is 465. The number of hydrogen-bond acceptors (Lipinski definition) is 4. The predicted molar refractivity (Wildman–Crippen MR) is 67.0 cm³/mol. The molecule has 1 atom stereocenters. The van der Waals surface area contributed by atoms with Crippen LogP contribution in [0.2, 0.25) is 0 Å². The van der Waals surface area contributed by atoms with E-state index in [0.29, 0.717) is 17.1 Å². The molecule has 0 aliphatic carbocycles. The molecule has 2 rings (SSSR count). The molecule has 1 aliphatic rings. The maximum atomic E-state index is 12.4. The zero-order chi connectivity index (χ0) is 13.3. The lowest BCUT2D eigenvalue weighted by atomic mass is 9.87. The van der Waals surface area contributed by atoms with Gasteiger partial charge in [0.15, 0.2) is 17.3 Å². The first-order valence-corrected chi connectivity index (χ1v) is 6.10. The molecule has 18 heavy (non-hydrogen) atoms. The van der Waals surface area contributed by atoms with Crippen molar-refractivity contribution < 1.29 is 19.4 Å². The number of ether oxygens (including phenoxy) is 2. The van der Waals surface area contributed by atoms with Crippen molar-refractivity contribution in [1.82, 2.24) is 0 Å². The van der Waals surface area contributed by atoms with Crippen LogP contribution < -0.4 is 9.47 Å². The van der Waals surface area contributed by atoms with E-state index in [1.807, 2.05) is 26.8 Å². The highest BCUT2D eigenvalue weighted by Gasteiger charge is 2.26. The van der Waals surface area contributed by atoms with E-state index < -0.39 is 0 Å². The summed E-state index contributed by atoms with van der Waals surface area (Å²) >= 11 is 0. The largest absolute Gasteiger partial charge is 0.454 e. The first kappa shape index (κ1) is 12.9. The first-order valence-electron chi connectivity index (χ1n) is 6.10. The molecule has 0 aromatic heterocycles. The van der Waals surface area contributed by atoms with Gasteiger partial charge >= 0.3 is 0 Å². The molecule has 1 unspecified atom stereocenters. The summed E-state index contributed by atoms with van der Waals surface area (Å²) in [5, 5.41) is 9.34. The summed E-state index contributed by atoms with van der Waals surface area (Å²) in [6, 6.07) is 3.52. The van der Waals surface area contributed by atoms with Gasteiger partial charge in [-0.05, 0) is 30.5 Å². The van der Waals surface area contributed by atoms with Gasteiger partial charge in [0.2, 0.25) is 6.79 Å². The molecule has 1 aromatic rings. The summed E-state index contributed by atoms with van der Waals surface area (Å²) in [6.07, 6.45) is 0. The molecule has 1 N–H and O–H groups in total. The molecule has 0 amide bonds. The van der Waals surface area contributed by atoms with Crippen LogP contribution in [-0.4, -0.2) is 24.3 Å². The Balaban J connectivity index is 2.36. The van der Waals surface area contributed by atoms with E-state index in [-0.39, 0.29) is 31.0 Å². The standard InChI is InChI=1S/C14H18O4/c1-8(2)11(6-15)14(16)10-5-13-12(4-9(10)3)17-7-18-13/h4-5,8,11,15H,6-7H2,1-3H3. The van der Waals surface area contributed by atoms with Crippen molar-refractivity contribution in [2.24, 2.45) is 11.8 Å². The van der Waals surface area contributed by atoms with Crippen molar-refractivity contribution >= 4 is 5.78 Å². The number of ketones is 1. The van der Waals surface area contributed by atoms with Gasteiger partial charge in [-0.2, -0.15) is 0 Å². The zero-order valence-corrected chi connectivity index (χ0v) is 10.9. The van der Waals surface area contributed by atoms with E-state index in [1.54, 1.807) is 6.07 Å². The van der Waals surface area contributed by atoms with Crippen LogP contribution in [-0.2, 0) is 0 Å². The summed E-state index contributed by atoms with van der Waals surface area (Å²) in [5.74, 6) is 0.971. The number of carbonyl (C=O) groups is 1. The number of aliphatic hydroxyl groups is 1. The highest BCUT2D eigenvalue weighted by molar-refractivity contribution is 6.00. The fourth-order valence-electron chi connectivity index (χ4n) is 2.11. The van der Waals surface area contributed by atoms with Gasteiger partial charge < -0.3 is 14.6 Å². The molecule has 1 aliphatic heterocycles. The Labute approximate surface area is 107 Å². The topological polar surface area (TPSA) is 55.8 Å². The van der Waals surface area contributed by atoms with Gasteiger partial charge in [0.05, 0.1) is 6.61 Å². The van der Waals surface area contributed by atoms with E-state index in [4.69, 9.17) is 9.47 Å². The second kappa shape index (κ2) is 4.98. The summed E-state index contributed by atoms with van der Waals surface area (Å²) in [6.45, 7) is 5.79. The average Bonchev–Trinajstić information content (AvgIpc) is 2.75. The number of fused-ring (bicyclic) bond motifs is 1. The predicted octanol–water partition coefficient (Wildman–Crippen LogP) is 2.17. The highest BCUT2D eigenvalue weighted by Crippen LogP contribution is 2.35. The number of rotatable bonds is 4. The zero-order valence-electron chi connectivity index (χ0n) is 10.9. The fraction of sp³-hybridized carbons (Fsp3) is 0.500. The number of carbonyl (C=O) groups excluding carboxylic acids is 1. The van der Waals surface area contributed by atoms with Gasteiger partial charge in [-0.3, -0.25) is 4.79 Å². The molecule has 1 aromatic carbocycles. The number of hydrogen-bond donors (Lipinski definition) is 1. The van der Waals surface area contributed by atoms with Crippen molar-refractivity contribution in [3.63, 3.8) is 0 Å². The average molecular weight is 250 g/mol. The van der Waals surface area contributed by atoms with Crippen LogP contribution in [0.5, 0.6) is 11.5 Å². The minimum atomic E-state index is -0.371.